The third-order valence-corrected chi connectivity index (χ3v) is 4.85. The Hall–Kier alpha value is -1.43. The minimum absolute atomic E-state index is 0.163. The van der Waals surface area contributed by atoms with Crippen molar-refractivity contribution in [1.29, 1.82) is 0 Å². The molecule has 2 aliphatic rings. The summed E-state index contributed by atoms with van der Waals surface area (Å²) in [5.41, 5.74) is 2.74. The lowest BCUT2D eigenvalue weighted by molar-refractivity contribution is -0.137. The third kappa shape index (κ3) is 3.91. The van der Waals surface area contributed by atoms with Crippen LogP contribution in [0.25, 0.3) is 0 Å². The predicted octanol–water partition coefficient (Wildman–Crippen LogP) is 1.22. The molecule has 0 saturated carbocycles. The Morgan fingerprint density at radius 1 is 1.30 bits per heavy atom. The summed E-state index contributed by atoms with van der Waals surface area (Å²) in [5, 5.41) is 9.20. The molecule has 1 amide bonds. The maximum atomic E-state index is 12.6. The zero-order chi connectivity index (χ0) is 16.1. The molecule has 1 heterocycles. The Morgan fingerprint density at radius 2 is 2.09 bits per heavy atom. The first-order chi connectivity index (χ1) is 11.3. The lowest BCUT2D eigenvalue weighted by Gasteiger charge is -2.33. The molecule has 5 heteroatoms. The number of ether oxygens (including phenoxy) is 1. The van der Waals surface area contributed by atoms with Crippen molar-refractivity contribution in [2.75, 3.05) is 46.0 Å². The van der Waals surface area contributed by atoms with E-state index in [1.54, 1.807) is 0 Å². The third-order valence-electron chi connectivity index (χ3n) is 4.85. The largest absolute Gasteiger partial charge is 0.396 e. The van der Waals surface area contributed by atoms with Crippen LogP contribution in [0.3, 0.4) is 0 Å². The molecule has 1 aliphatic carbocycles. The zero-order valence-corrected chi connectivity index (χ0v) is 13.6. The van der Waals surface area contributed by atoms with E-state index in [-0.39, 0.29) is 12.5 Å². The monoisotopic (exact) mass is 318 g/mol. The first-order valence-corrected chi connectivity index (χ1v) is 8.58. The Kier molecular flexibility index (Phi) is 5.65. The van der Waals surface area contributed by atoms with Gasteiger partial charge < -0.3 is 14.7 Å². The van der Waals surface area contributed by atoms with Crippen LogP contribution in [0.4, 0.5) is 0 Å². The zero-order valence-electron chi connectivity index (χ0n) is 13.6. The van der Waals surface area contributed by atoms with Crippen molar-refractivity contribution >= 4 is 5.91 Å². The van der Waals surface area contributed by atoms with Gasteiger partial charge in [0.25, 0.3) is 0 Å². The molecule has 1 atom stereocenters. The van der Waals surface area contributed by atoms with E-state index in [1.807, 2.05) is 4.90 Å². The summed E-state index contributed by atoms with van der Waals surface area (Å²) in [6.07, 6.45) is 2.83. The maximum absolute atomic E-state index is 12.6. The average Bonchev–Trinajstić information content (AvgIpc) is 3.03. The maximum Gasteiger partial charge on any atom is 0.236 e. The molecular weight excluding hydrogens is 292 g/mol. The minimum Gasteiger partial charge on any atom is -0.396 e. The van der Waals surface area contributed by atoms with Gasteiger partial charge in [0.15, 0.2) is 0 Å². The number of hydrogen-bond acceptors (Lipinski definition) is 4. The molecule has 126 valence electrons. The summed E-state index contributed by atoms with van der Waals surface area (Å²) < 4.78 is 5.33. The van der Waals surface area contributed by atoms with Gasteiger partial charge in [0.2, 0.25) is 5.91 Å². The van der Waals surface area contributed by atoms with Crippen molar-refractivity contribution in [3.8, 4) is 0 Å². The molecule has 1 aromatic rings. The second kappa shape index (κ2) is 7.90. The highest BCUT2D eigenvalue weighted by molar-refractivity contribution is 5.78. The standard InChI is InChI=1S/C18H26N2O3/c21-11-3-8-20(14-18(22)19-9-12-23-13-10-19)17-7-6-15-4-1-2-5-16(15)17/h1-2,4-5,17,21H,3,6-14H2. The van der Waals surface area contributed by atoms with E-state index in [0.29, 0.717) is 45.3 Å². The Bertz CT molecular complexity index is 529. The molecule has 1 saturated heterocycles. The number of aliphatic hydroxyl groups excluding tert-OH is 1. The highest BCUT2D eigenvalue weighted by Crippen LogP contribution is 2.35. The van der Waals surface area contributed by atoms with E-state index in [9.17, 15) is 9.90 Å². The van der Waals surface area contributed by atoms with Crippen LogP contribution in [0.15, 0.2) is 24.3 Å². The molecule has 0 bridgehead atoms. The fourth-order valence-electron chi connectivity index (χ4n) is 3.62. The number of morpholine rings is 1. The lowest BCUT2D eigenvalue weighted by atomic mass is 10.1. The van der Waals surface area contributed by atoms with Crippen LogP contribution in [0, 0.1) is 0 Å². The molecule has 3 rings (SSSR count). The first-order valence-electron chi connectivity index (χ1n) is 8.58. The van der Waals surface area contributed by atoms with Gasteiger partial charge in [0.05, 0.1) is 19.8 Å². The van der Waals surface area contributed by atoms with Crippen molar-refractivity contribution in [2.45, 2.75) is 25.3 Å². The molecule has 1 aliphatic heterocycles. The number of aliphatic hydroxyl groups is 1. The number of amides is 1. The number of carbonyl (C=O) groups excluding carboxylic acids is 1. The predicted molar refractivity (Wildman–Crippen MR) is 88.2 cm³/mol. The average molecular weight is 318 g/mol. The van der Waals surface area contributed by atoms with Crippen molar-refractivity contribution in [3.63, 3.8) is 0 Å². The SMILES string of the molecule is O=C(CN(CCCO)C1CCc2ccccc21)N1CCOCC1. The smallest absolute Gasteiger partial charge is 0.236 e. The van der Waals surface area contributed by atoms with Crippen LogP contribution in [0.5, 0.6) is 0 Å². The summed E-state index contributed by atoms with van der Waals surface area (Å²) in [4.78, 5) is 16.8. The Balaban J connectivity index is 1.69. The van der Waals surface area contributed by atoms with Crippen molar-refractivity contribution in [3.05, 3.63) is 35.4 Å². The van der Waals surface area contributed by atoms with Gasteiger partial charge in [-0.05, 0) is 30.4 Å². The highest BCUT2D eigenvalue weighted by Gasteiger charge is 2.30. The molecule has 0 spiro atoms. The summed E-state index contributed by atoms with van der Waals surface area (Å²) >= 11 is 0. The van der Waals surface area contributed by atoms with Crippen LogP contribution in [0.2, 0.25) is 0 Å². The lowest BCUT2D eigenvalue weighted by Crippen LogP contribution is -2.46. The Morgan fingerprint density at radius 3 is 2.87 bits per heavy atom. The molecule has 1 fully saturated rings. The van der Waals surface area contributed by atoms with E-state index in [2.05, 4.69) is 29.2 Å². The number of benzene rings is 1. The van der Waals surface area contributed by atoms with Crippen molar-refractivity contribution in [2.24, 2.45) is 0 Å². The van der Waals surface area contributed by atoms with E-state index in [1.165, 1.54) is 11.1 Å². The van der Waals surface area contributed by atoms with Crippen molar-refractivity contribution < 1.29 is 14.6 Å². The number of nitrogens with zero attached hydrogens (tertiary/aromatic N) is 2. The summed E-state index contributed by atoms with van der Waals surface area (Å²) in [7, 11) is 0. The van der Waals surface area contributed by atoms with E-state index >= 15 is 0 Å². The van der Waals surface area contributed by atoms with Crippen molar-refractivity contribution in [1.82, 2.24) is 9.80 Å². The fraction of sp³-hybridized carbons (Fsp3) is 0.611. The van der Waals surface area contributed by atoms with Crippen LogP contribution < -0.4 is 0 Å². The molecule has 1 aromatic carbocycles. The topological polar surface area (TPSA) is 53.0 Å². The van der Waals surface area contributed by atoms with Crippen LogP contribution in [0.1, 0.15) is 30.0 Å². The van der Waals surface area contributed by atoms with Gasteiger partial charge in [-0.3, -0.25) is 9.69 Å². The van der Waals surface area contributed by atoms with Gasteiger partial charge >= 0.3 is 0 Å². The van der Waals surface area contributed by atoms with E-state index in [4.69, 9.17) is 4.74 Å². The molecule has 0 radical (unpaired) electrons. The Labute approximate surface area is 137 Å². The molecule has 0 aromatic heterocycles. The van der Waals surface area contributed by atoms with Gasteiger partial charge in [-0.2, -0.15) is 0 Å². The quantitative estimate of drug-likeness (QED) is 0.857. The second-order valence-corrected chi connectivity index (χ2v) is 6.29. The van der Waals surface area contributed by atoms with Gasteiger partial charge in [0, 0.05) is 32.3 Å². The number of hydrogen-bond donors (Lipinski definition) is 1. The van der Waals surface area contributed by atoms with Gasteiger partial charge in [-0.15, -0.1) is 0 Å². The summed E-state index contributed by atoms with van der Waals surface area (Å²) in [6, 6.07) is 8.81. The number of rotatable bonds is 6. The fourth-order valence-corrected chi connectivity index (χ4v) is 3.62. The van der Waals surface area contributed by atoms with Gasteiger partial charge in [0.1, 0.15) is 0 Å². The summed E-state index contributed by atoms with van der Waals surface area (Å²) in [6.45, 7) is 3.99. The van der Waals surface area contributed by atoms with Crippen LogP contribution in [-0.4, -0.2) is 66.8 Å². The number of aryl methyl sites for hydroxylation is 1. The molecule has 5 nitrogen and oxygen atoms in total. The number of fused-ring (bicyclic) bond motifs is 1. The molecule has 1 unspecified atom stereocenters. The minimum atomic E-state index is 0.163. The van der Waals surface area contributed by atoms with Crippen LogP contribution >= 0.6 is 0 Å². The van der Waals surface area contributed by atoms with Crippen LogP contribution in [-0.2, 0) is 16.0 Å². The number of carbonyl (C=O) groups is 1. The summed E-state index contributed by atoms with van der Waals surface area (Å²) in [5.74, 6) is 0.177. The second-order valence-electron chi connectivity index (χ2n) is 6.29. The van der Waals surface area contributed by atoms with E-state index in [0.717, 1.165) is 19.4 Å². The van der Waals surface area contributed by atoms with Gasteiger partial charge in [-0.1, -0.05) is 24.3 Å². The highest BCUT2D eigenvalue weighted by atomic mass is 16.5. The van der Waals surface area contributed by atoms with E-state index < -0.39 is 0 Å². The molecule has 23 heavy (non-hydrogen) atoms. The molecular formula is C18H26N2O3. The van der Waals surface area contributed by atoms with Gasteiger partial charge in [-0.25, -0.2) is 0 Å². The normalized spacial score (nSPS) is 20.8. The molecule has 1 N–H and O–H groups in total. The first kappa shape index (κ1) is 16.4.